The molecule has 3 heterocycles. The van der Waals surface area contributed by atoms with Gasteiger partial charge in [-0.15, -0.1) is 0 Å². The summed E-state index contributed by atoms with van der Waals surface area (Å²) in [6, 6.07) is 9.69. The smallest absolute Gasteiger partial charge is 0.455 e. The molecule has 4 atom stereocenters. The lowest BCUT2D eigenvalue weighted by atomic mass is 9.58. The summed E-state index contributed by atoms with van der Waals surface area (Å²) in [5, 5.41) is 30.2. The molecule has 0 spiro atoms. The van der Waals surface area contributed by atoms with Crippen LogP contribution in [0, 0.1) is 31.6 Å². The zero-order valence-corrected chi connectivity index (χ0v) is 27.1. The highest BCUT2D eigenvalue weighted by atomic mass is 16.5. The van der Waals surface area contributed by atoms with E-state index < -0.39 is 31.0 Å². The first-order valence-electron chi connectivity index (χ1n) is 16.6. The number of likely N-dealkylation sites (tertiary alicyclic amines) is 1. The van der Waals surface area contributed by atoms with Crippen LogP contribution < -0.4 is 0 Å². The maximum atomic E-state index is 13.8. The highest BCUT2D eigenvalue weighted by Crippen LogP contribution is 2.51. The van der Waals surface area contributed by atoms with Gasteiger partial charge >= 0.3 is 13.1 Å². The number of nitrogens with zero attached hydrogens (tertiary/aromatic N) is 2. The predicted octanol–water partition coefficient (Wildman–Crippen LogP) is 5.97. The fourth-order valence-electron chi connectivity index (χ4n) is 7.70. The van der Waals surface area contributed by atoms with E-state index in [0.717, 1.165) is 46.4 Å². The number of carboxylic acids is 1. The number of hydrogen-bond donors (Lipinski definition) is 3. The van der Waals surface area contributed by atoms with Crippen LogP contribution in [0.5, 0.6) is 5.75 Å². The van der Waals surface area contributed by atoms with Crippen LogP contribution in [0.25, 0.3) is 11.6 Å². The van der Waals surface area contributed by atoms with Crippen LogP contribution in [0.2, 0.25) is 6.32 Å². The van der Waals surface area contributed by atoms with Crippen molar-refractivity contribution in [1.29, 1.82) is 0 Å². The van der Waals surface area contributed by atoms with Gasteiger partial charge in [-0.2, -0.15) is 0 Å². The molecule has 1 aromatic heterocycles. The zero-order valence-electron chi connectivity index (χ0n) is 27.1. The topological polar surface area (TPSA) is 137 Å². The maximum Gasteiger partial charge on any atom is 0.455 e. The lowest BCUT2D eigenvalue weighted by Gasteiger charge is -2.43. The van der Waals surface area contributed by atoms with E-state index in [2.05, 4.69) is 18.0 Å². The van der Waals surface area contributed by atoms with Gasteiger partial charge in [0, 0.05) is 19.2 Å². The summed E-state index contributed by atoms with van der Waals surface area (Å²) in [6.07, 6.45) is 8.92. The van der Waals surface area contributed by atoms with Gasteiger partial charge in [0.1, 0.15) is 5.75 Å². The molecule has 2 saturated heterocycles. The highest BCUT2D eigenvalue weighted by Gasteiger charge is 2.56. The Morgan fingerprint density at radius 3 is 2.52 bits per heavy atom. The second-order valence-corrected chi connectivity index (χ2v) is 13.0. The molecular formula is C36H45BN2O7. The molecule has 2 fully saturated rings. The molecule has 9 nitrogen and oxygen atoms in total. The van der Waals surface area contributed by atoms with Gasteiger partial charge in [-0.05, 0) is 123 Å². The average Bonchev–Trinajstić information content (AvgIpc) is 3.26. The van der Waals surface area contributed by atoms with Gasteiger partial charge in [0.15, 0.2) is 0 Å². The van der Waals surface area contributed by atoms with Crippen molar-refractivity contribution in [1.82, 2.24) is 9.88 Å². The number of aromatic hydroxyl groups is 1. The number of allylic oxidation sites excluding steroid dienone is 2. The number of phenols is 1. The molecule has 0 bridgehead atoms. The second kappa shape index (κ2) is 14.8. The number of imide groups is 1. The van der Waals surface area contributed by atoms with E-state index in [-0.39, 0.29) is 36.2 Å². The van der Waals surface area contributed by atoms with Crippen molar-refractivity contribution in [3.05, 3.63) is 70.1 Å². The van der Waals surface area contributed by atoms with E-state index in [1.807, 2.05) is 44.2 Å². The Hall–Kier alpha value is -3.76. The number of fused-ring (bicyclic) bond motifs is 3. The number of unbranched alkanes of at least 4 members (excludes halogenated alkanes) is 2. The largest absolute Gasteiger partial charge is 0.507 e. The van der Waals surface area contributed by atoms with Crippen molar-refractivity contribution in [2.75, 3.05) is 6.54 Å². The summed E-state index contributed by atoms with van der Waals surface area (Å²) < 4.78 is 6.23. The summed E-state index contributed by atoms with van der Waals surface area (Å²) in [5.41, 5.74) is 6.63. The number of aromatic nitrogens is 1. The maximum absolute atomic E-state index is 13.8. The molecule has 0 saturated carbocycles. The first-order chi connectivity index (χ1) is 22.1. The second-order valence-electron chi connectivity index (χ2n) is 13.0. The summed E-state index contributed by atoms with van der Waals surface area (Å²) >= 11 is 0. The monoisotopic (exact) mass is 628 g/mol. The third kappa shape index (κ3) is 7.28. The predicted molar refractivity (Wildman–Crippen MR) is 176 cm³/mol. The summed E-state index contributed by atoms with van der Waals surface area (Å²) in [5.74, 6) is -2.09. The quantitative estimate of drug-likeness (QED) is 0.107. The Kier molecular flexibility index (Phi) is 10.8. The number of benzene rings is 1. The number of carbonyl (C=O) groups is 3. The Bertz CT molecular complexity index is 1500. The Labute approximate surface area is 271 Å². The summed E-state index contributed by atoms with van der Waals surface area (Å²) in [7, 11) is -1.04. The average molecular weight is 629 g/mol. The Balaban J connectivity index is 1.40. The molecule has 5 rings (SSSR count). The van der Waals surface area contributed by atoms with Crippen LogP contribution in [0.4, 0.5) is 0 Å². The number of pyridine rings is 1. The molecule has 3 N–H and O–H groups in total. The number of carboxylic acid groups (broad SMARTS) is 1. The lowest BCUT2D eigenvalue weighted by Crippen LogP contribution is -2.46. The van der Waals surface area contributed by atoms with Crippen molar-refractivity contribution in [3.8, 4) is 5.75 Å². The normalized spacial score (nSPS) is 23.2. The molecule has 244 valence electrons. The van der Waals surface area contributed by atoms with Crippen LogP contribution in [0.1, 0.15) is 87.1 Å². The van der Waals surface area contributed by atoms with E-state index in [1.54, 1.807) is 6.20 Å². The van der Waals surface area contributed by atoms with Crippen LogP contribution in [-0.4, -0.2) is 62.7 Å². The molecule has 10 heteroatoms. The summed E-state index contributed by atoms with van der Waals surface area (Å²) in [6.45, 7) is 6.17. The third-order valence-corrected chi connectivity index (χ3v) is 9.75. The van der Waals surface area contributed by atoms with E-state index >= 15 is 0 Å². The fraction of sp³-hybridized carbons (Fsp3) is 0.500. The molecule has 2 aromatic rings. The van der Waals surface area contributed by atoms with E-state index in [4.69, 9.17) is 9.76 Å². The number of hydrogen-bond acceptors (Lipinski definition) is 7. The third-order valence-electron chi connectivity index (χ3n) is 9.75. The van der Waals surface area contributed by atoms with Crippen molar-refractivity contribution in [3.63, 3.8) is 0 Å². The Morgan fingerprint density at radius 1 is 1.09 bits per heavy atom. The van der Waals surface area contributed by atoms with Crippen molar-refractivity contribution in [2.24, 2.45) is 17.8 Å². The first-order valence-corrected chi connectivity index (χ1v) is 16.6. The SMILES string of the molecule is CCCC1=C2[C@@H](CC/C(=C/c3cc(C)c(O)c(C)c3)c3ccccn3)OB(O)C[C@@H]2[C@@H]2C(=O)N(CCCCCC(=O)O)C(=O)[C@@H]2C1. The number of amides is 2. The standard InChI is InChI=1S/C36H45BN2O7/c1-4-10-26-20-27-33(36(44)39(35(27)43)16-9-5-6-12-31(40)41)28-21-37(45)46-30(32(26)28)14-13-25(29-11-7-8-15-38-29)19-24-17-22(2)34(42)23(3)18-24/h7-8,11,15,17-19,27-28,30,33,42,45H,4-6,9-10,12-14,16,20-21H2,1-3H3,(H,40,41)/b25-19-/t27-,28+,30-,33-/m1/s1. The minimum absolute atomic E-state index is 0.0770. The molecule has 0 radical (unpaired) electrons. The molecule has 1 aliphatic carbocycles. The van der Waals surface area contributed by atoms with Gasteiger partial charge in [0.05, 0.1) is 23.6 Å². The number of aliphatic carboxylic acids is 1. The van der Waals surface area contributed by atoms with Gasteiger partial charge in [-0.3, -0.25) is 24.3 Å². The molecule has 0 unspecified atom stereocenters. The van der Waals surface area contributed by atoms with Gasteiger partial charge in [-0.25, -0.2) is 0 Å². The van der Waals surface area contributed by atoms with Crippen molar-refractivity contribution < 1.29 is 34.3 Å². The highest BCUT2D eigenvalue weighted by molar-refractivity contribution is 6.43. The zero-order chi connectivity index (χ0) is 33.0. The van der Waals surface area contributed by atoms with Crippen LogP contribution >= 0.6 is 0 Å². The lowest BCUT2D eigenvalue weighted by molar-refractivity contribution is -0.141. The van der Waals surface area contributed by atoms with E-state index in [0.29, 0.717) is 45.1 Å². The molecule has 3 aliphatic rings. The van der Waals surface area contributed by atoms with E-state index in [9.17, 15) is 24.5 Å². The minimum Gasteiger partial charge on any atom is -0.507 e. The molecule has 2 amide bonds. The fourth-order valence-corrected chi connectivity index (χ4v) is 7.70. The number of carbonyl (C=O) groups excluding carboxylic acids is 2. The number of aryl methyl sites for hydroxylation is 2. The van der Waals surface area contributed by atoms with Gasteiger partial charge in [0.25, 0.3) is 0 Å². The minimum atomic E-state index is -1.04. The van der Waals surface area contributed by atoms with Gasteiger partial charge in [-0.1, -0.05) is 31.4 Å². The Morgan fingerprint density at radius 2 is 1.85 bits per heavy atom. The van der Waals surface area contributed by atoms with Crippen LogP contribution in [-0.2, 0) is 19.0 Å². The summed E-state index contributed by atoms with van der Waals surface area (Å²) in [4.78, 5) is 44.3. The van der Waals surface area contributed by atoms with Gasteiger partial charge < -0.3 is 19.9 Å². The van der Waals surface area contributed by atoms with Crippen LogP contribution in [0.15, 0.2) is 47.7 Å². The number of phenolic OH excluding ortho intramolecular Hbond substituents is 1. The first kappa shape index (κ1) is 33.6. The molecular weight excluding hydrogens is 583 g/mol. The molecule has 1 aromatic carbocycles. The van der Waals surface area contributed by atoms with Crippen LogP contribution in [0.3, 0.4) is 0 Å². The van der Waals surface area contributed by atoms with Crippen molar-refractivity contribution in [2.45, 2.75) is 91.0 Å². The van der Waals surface area contributed by atoms with E-state index in [1.165, 1.54) is 10.5 Å². The molecule has 2 aliphatic heterocycles. The number of rotatable bonds is 13. The van der Waals surface area contributed by atoms with Crippen molar-refractivity contribution >= 4 is 36.6 Å². The molecule has 46 heavy (non-hydrogen) atoms. The van der Waals surface area contributed by atoms with Gasteiger partial charge in [0.2, 0.25) is 11.8 Å².